The zero-order chi connectivity index (χ0) is 12.5. The van der Waals surface area contributed by atoms with E-state index in [1.807, 2.05) is 6.20 Å². The summed E-state index contributed by atoms with van der Waals surface area (Å²) in [5.74, 6) is 1.23. The Bertz CT molecular complexity index is 544. The van der Waals surface area contributed by atoms with Gasteiger partial charge in [-0.15, -0.1) is 0 Å². The van der Waals surface area contributed by atoms with Crippen LogP contribution in [0.25, 0.3) is 5.52 Å². The monoisotopic (exact) mass is 243 g/mol. The predicted molar refractivity (Wildman–Crippen MR) is 73.8 cm³/mol. The molecule has 0 saturated carbocycles. The first kappa shape index (κ1) is 11.7. The largest absolute Gasteiger partial charge is 0.300 e. The van der Waals surface area contributed by atoms with Crippen molar-refractivity contribution < 1.29 is 0 Å². The lowest BCUT2D eigenvalue weighted by Crippen LogP contribution is -2.34. The summed E-state index contributed by atoms with van der Waals surface area (Å²) < 4.78 is 2.32. The van der Waals surface area contributed by atoms with Crippen molar-refractivity contribution in [3.63, 3.8) is 0 Å². The molecule has 0 spiro atoms. The van der Waals surface area contributed by atoms with Gasteiger partial charge in [-0.25, -0.2) is 4.98 Å². The summed E-state index contributed by atoms with van der Waals surface area (Å²) in [5.41, 5.74) is 2.49. The minimum atomic E-state index is 0.493. The van der Waals surface area contributed by atoms with E-state index in [9.17, 15) is 0 Å². The molecule has 0 amide bonds. The van der Waals surface area contributed by atoms with Gasteiger partial charge in [-0.1, -0.05) is 19.4 Å². The van der Waals surface area contributed by atoms with Crippen molar-refractivity contribution in [1.29, 1.82) is 0 Å². The fourth-order valence-electron chi connectivity index (χ4n) is 3.14. The Morgan fingerprint density at radius 1 is 1.33 bits per heavy atom. The third-order valence-electron chi connectivity index (χ3n) is 4.09. The van der Waals surface area contributed by atoms with Crippen molar-refractivity contribution in [2.24, 2.45) is 0 Å². The van der Waals surface area contributed by atoms with Gasteiger partial charge in [0.15, 0.2) is 0 Å². The summed E-state index contributed by atoms with van der Waals surface area (Å²) in [7, 11) is 0. The van der Waals surface area contributed by atoms with Crippen molar-refractivity contribution >= 4 is 5.52 Å². The highest BCUT2D eigenvalue weighted by atomic mass is 15.2. The van der Waals surface area contributed by atoms with Gasteiger partial charge in [-0.3, -0.25) is 9.30 Å². The molecule has 1 saturated heterocycles. The first-order valence-corrected chi connectivity index (χ1v) is 6.98. The van der Waals surface area contributed by atoms with Gasteiger partial charge in [0.25, 0.3) is 0 Å². The lowest BCUT2D eigenvalue weighted by atomic mass is 10.0. The number of aromatic nitrogens is 2. The second kappa shape index (κ2) is 4.73. The number of piperidine rings is 1. The van der Waals surface area contributed by atoms with Crippen LogP contribution >= 0.6 is 0 Å². The third-order valence-corrected chi connectivity index (χ3v) is 4.09. The Labute approximate surface area is 108 Å². The molecule has 18 heavy (non-hydrogen) atoms. The maximum absolute atomic E-state index is 4.70. The number of aryl methyl sites for hydroxylation is 1. The Morgan fingerprint density at radius 2 is 2.22 bits per heavy atom. The van der Waals surface area contributed by atoms with Crippen molar-refractivity contribution in [3.05, 3.63) is 35.9 Å². The van der Waals surface area contributed by atoms with Crippen molar-refractivity contribution in [2.75, 3.05) is 13.1 Å². The maximum Gasteiger partial charge on any atom is 0.130 e. The molecule has 1 fully saturated rings. The van der Waals surface area contributed by atoms with E-state index in [4.69, 9.17) is 4.98 Å². The SMILES string of the molecule is CCN1CCCCC1c1ncc2cccc(C)n12. The van der Waals surface area contributed by atoms with Gasteiger partial charge in [0, 0.05) is 5.69 Å². The molecule has 1 unspecified atom stereocenters. The molecular formula is C15H21N3. The van der Waals surface area contributed by atoms with Gasteiger partial charge < -0.3 is 0 Å². The molecule has 3 heteroatoms. The van der Waals surface area contributed by atoms with Crippen molar-refractivity contribution in [1.82, 2.24) is 14.3 Å². The highest BCUT2D eigenvalue weighted by Gasteiger charge is 2.26. The van der Waals surface area contributed by atoms with E-state index in [1.54, 1.807) is 0 Å². The molecular weight excluding hydrogens is 222 g/mol. The molecule has 2 aromatic rings. The van der Waals surface area contributed by atoms with E-state index in [1.165, 1.54) is 42.8 Å². The van der Waals surface area contributed by atoms with Crippen LogP contribution in [0, 0.1) is 6.92 Å². The van der Waals surface area contributed by atoms with Crippen LogP contribution in [0.4, 0.5) is 0 Å². The summed E-state index contributed by atoms with van der Waals surface area (Å²) in [5, 5.41) is 0. The molecule has 1 aliphatic heterocycles. The van der Waals surface area contributed by atoms with Gasteiger partial charge in [0.05, 0.1) is 17.8 Å². The van der Waals surface area contributed by atoms with Gasteiger partial charge in [0.1, 0.15) is 5.82 Å². The van der Waals surface area contributed by atoms with Crippen LogP contribution in [-0.2, 0) is 0 Å². The quantitative estimate of drug-likeness (QED) is 0.807. The standard InChI is InChI=1S/C15H21N3/c1-3-17-10-5-4-9-14(17)15-16-11-13-8-6-7-12(2)18(13)15/h6-8,11,14H,3-5,9-10H2,1-2H3. The molecule has 2 aromatic heterocycles. The number of hydrogen-bond acceptors (Lipinski definition) is 2. The van der Waals surface area contributed by atoms with Gasteiger partial charge in [-0.05, 0) is 45.0 Å². The average Bonchev–Trinajstić information content (AvgIpc) is 2.84. The second-order valence-electron chi connectivity index (χ2n) is 5.18. The fraction of sp³-hybridized carbons (Fsp3) is 0.533. The van der Waals surface area contributed by atoms with Crippen LogP contribution in [0.2, 0.25) is 0 Å². The summed E-state index contributed by atoms with van der Waals surface area (Å²) in [4.78, 5) is 7.26. The molecule has 0 N–H and O–H groups in total. The number of pyridine rings is 1. The fourth-order valence-corrected chi connectivity index (χ4v) is 3.14. The summed E-state index contributed by atoms with van der Waals surface area (Å²) in [6.07, 6.45) is 5.89. The normalized spacial score (nSPS) is 21.6. The maximum atomic E-state index is 4.70. The summed E-state index contributed by atoms with van der Waals surface area (Å²) in [6, 6.07) is 6.90. The lowest BCUT2D eigenvalue weighted by Gasteiger charge is -2.34. The molecule has 0 aliphatic carbocycles. The minimum absolute atomic E-state index is 0.493. The van der Waals surface area contributed by atoms with Crippen LogP contribution in [0.1, 0.15) is 43.7 Å². The summed E-state index contributed by atoms with van der Waals surface area (Å²) in [6.45, 7) is 6.74. The predicted octanol–water partition coefficient (Wildman–Crippen LogP) is 3.19. The third kappa shape index (κ3) is 1.83. The Hall–Kier alpha value is -1.35. The Balaban J connectivity index is 2.07. The number of nitrogens with zero attached hydrogens (tertiary/aromatic N) is 3. The number of hydrogen-bond donors (Lipinski definition) is 0. The highest BCUT2D eigenvalue weighted by molar-refractivity contribution is 5.47. The average molecular weight is 243 g/mol. The molecule has 1 aliphatic rings. The van der Waals surface area contributed by atoms with Crippen LogP contribution < -0.4 is 0 Å². The first-order valence-electron chi connectivity index (χ1n) is 6.98. The second-order valence-corrected chi connectivity index (χ2v) is 5.18. The lowest BCUT2D eigenvalue weighted by molar-refractivity contribution is 0.149. The zero-order valence-electron chi connectivity index (χ0n) is 11.3. The summed E-state index contributed by atoms with van der Waals surface area (Å²) >= 11 is 0. The number of rotatable bonds is 2. The van der Waals surface area contributed by atoms with Gasteiger partial charge >= 0.3 is 0 Å². The van der Waals surface area contributed by atoms with E-state index in [0.29, 0.717) is 6.04 Å². The number of fused-ring (bicyclic) bond motifs is 1. The first-order chi connectivity index (χ1) is 8.81. The molecule has 0 bridgehead atoms. The smallest absolute Gasteiger partial charge is 0.130 e. The van der Waals surface area contributed by atoms with Crippen LogP contribution in [0.3, 0.4) is 0 Å². The topological polar surface area (TPSA) is 20.5 Å². The van der Waals surface area contributed by atoms with E-state index >= 15 is 0 Å². The van der Waals surface area contributed by atoms with Crippen LogP contribution in [0.5, 0.6) is 0 Å². The van der Waals surface area contributed by atoms with Crippen LogP contribution in [-0.4, -0.2) is 27.4 Å². The van der Waals surface area contributed by atoms with E-state index in [2.05, 4.69) is 41.3 Å². The zero-order valence-corrected chi connectivity index (χ0v) is 11.3. The van der Waals surface area contributed by atoms with E-state index < -0.39 is 0 Å². The molecule has 96 valence electrons. The van der Waals surface area contributed by atoms with E-state index in [-0.39, 0.29) is 0 Å². The van der Waals surface area contributed by atoms with Crippen molar-refractivity contribution in [2.45, 2.75) is 39.2 Å². The van der Waals surface area contributed by atoms with Gasteiger partial charge in [-0.2, -0.15) is 0 Å². The molecule has 3 heterocycles. The molecule has 1 atom stereocenters. The number of likely N-dealkylation sites (tertiary alicyclic amines) is 1. The minimum Gasteiger partial charge on any atom is -0.300 e. The Kier molecular flexibility index (Phi) is 3.08. The highest BCUT2D eigenvalue weighted by Crippen LogP contribution is 2.30. The Morgan fingerprint density at radius 3 is 3.06 bits per heavy atom. The van der Waals surface area contributed by atoms with Crippen molar-refractivity contribution in [3.8, 4) is 0 Å². The molecule has 3 rings (SSSR count). The molecule has 0 aromatic carbocycles. The molecule has 3 nitrogen and oxygen atoms in total. The van der Waals surface area contributed by atoms with Gasteiger partial charge in [0.2, 0.25) is 0 Å². The number of imidazole rings is 1. The molecule has 0 radical (unpaired) electrons. The van der Waals surface area contributed by atoms with E-state index in [0.717, 1.165) is 6.54 Å². The van der Waals surface area contributed by atoms with Crippen LogP contribution in [0.15, 0.2) is 24.4 Å².